The number of hydrogen-bond acceptors (Lipinski definition) is 2. The molecule has 3 nitrogen and oxygen atoms in total. The van der Waals surface area contributed by atoms with Gasteiger partial charge < -0.3 is 0 Å². The molecule has 1 heterocycles. The van der Waals surface area contributed by atoms with Crippen molar-refractivity contribution in [2.24, 2.45) is 0 Å². The second-order valence-electron chi connectivity index (χ2n) is 4.00. The summed E-state index contributed by atoms with van der Waals surface area (Å²) in [5, 5.41) is 13.5. The molecule has 0 saturated carbocycles. The number of nitrogens with zero attached hydrogens (tertiary/aromatic N) is 3. The van der Waals surface area contributed by atoms with Crippen molar-refractivity contribution in [3.8, 4) is 11.8 Å². The Labute approximate surface area is 109 Å². The van der Waals surface area contributed by atoms with E-state index in [4.69, 9.17) is 5.26 Å². The molecule has 0 N–H and O–H groups in total. The number of rotatable bonds is 1. The molecule has 1 aromatic carbocycles. The summed E-state index contributed by atoms with van der Waals surface area (Å²) in [6.45, 7) is 5.80. The van der Waals surface area contributed by atoms with Crippen molar-refractivity contribution in [3.63, 3.8) is 0 Å². The van der Waals surface area contributed by atoms with Crippen LogP contribution in [0.25, 0.3) is 5.69 Å². The molecule has 0 fully saturated rings. The second kappa shape index (κ2) is 4.34. The monoisotopic (exact) mass is 289 g/mol. The zero-order chi connectivity index (χ0) is 12.6. The highest BCUT2D eigenvalue weighted by Crippen LogP contribution is 2.22. The first-order valence-electron chi connectivity index (χ1n) is 5.27. The first-order valence-corrected chi connectivity index (χ1v) is 6.06. The van der Waals surface area contributed by atoms with Gasteiger partial charge in [-0.05, 0) is 44.5 Å². The molecule has 86 valence electrons. The molecule has 0 bridgehead atoms. The fourth-order valence-corrected chi connectivity index (χ4v) is 2.37. The third-order valence-electron chi connectivity index (χ3n) is 2.79. The number of hydrogen-bond donors (Lipinski definition) is 0. The van der Waals surface area contributed by atoms with Crippen molar-refractivity contribution in [1.29, 1.82) is 5.26 Å². The molecule has 0 aliphatic carbocycles. The fourth-order valence-electron chi connectivity index (χ4n) is 1.90. The molecule has 2 rings (SSSR count). The Bertz CT molecular complexity index is 620. The van der Waals surface area contributed by atoms with Crippen LogP contribution in [-0.2, 0) is 0 Å². The predicted octanol–water partition coefficient (Wildman–Crippen LogP) is 3.43. The van der Waals surface area contributed by atoms with Crippen molar-refractivity contribution >= 4 is 15.9 Å². The summed E-state index contributed by atoms with van der Waals surface area (Å²) in [4.78, 5) is 0. The molecule has 4 heteroatoms. The van der Waals surface area contributed by atoms with Crippen LogP contribution >= 0.6 is 15.9 Å². The van der Waals surface area contributed by atoms with Gasteiger partial charge in [0.05, 0.1) is 22.6 Å². The van der Waals surface area contributed by atoms with Gasteiger partial charge in [0.25, 0.3) is 0 Å². The van der Waals surface area contributed by atoms with Crippen LogP contribution in [0.1, 0.15) is 22.5 Å². The van der Waals surface area contributed by atoms with Crippen molar-refractivity contribution < 1.29 is 0 Å². The molecule has 0 amide bonds. The molecule has 0 atom stereocenters. The maximum absolute atomic E-state index is 9.06. The maximum Gasteiger partial charge on any atom is 0.103 e. The topological polar surface area (TPSA) is 41.6 Å². The van der Waals surface area contributed by atoms with Gasteiger partial charge in [-0.15, -0.1) is 0 Å². The van der Waals surface area contributed by atoms with Gasteiger partial charge in [-0.3, -0.25) is 0 Å². The van der Waals surface area contributed by atoms with E-state index >= 15 is 0 Å². The largest absolute Gasteiger partial charge is 0.236 e. The zero-order valence-electron chi connectivity index (χ0n) is 9.95. The molecule has 0 unspecified atom stereocenters. The average molecular weight is 290 g/mol. The highest BCUT2D eigenvalue weighted by atomic mass is 79.9. The highest BCUT2D eigenvalue weighted by molar-refractivity contribution is 9.10. The van der Waals surface area contributed by atoms with Crippen LogP contribution in [0.5, 0.6) is 0 Å². The minimum Gasteiger partial charge on any atom is -0.236 e. The summed E-state index contributed by atoms with van der Waals surface area (Å²) in [6.07, 6.45) is 0. The van der Waals surface area contributed by atoms with Crippen molar-refractivity contribution in [3.05, 3.63) is 45.2 Å². The summed E-state index contributed by atoms with van der Waals surface area (Å²) in [7, 11) is 0. The van der Waals surface area contributed by atoms with E-state index in [1.807, 2.05) is 43.7 Å². The fraction of sp³-hybridized carbons (Fsp3) is 0.231. The Balaban J connectivity index is 2.66. The Morgan fingerprint density at radius 2 is 2.00 bits per heavy atom. The lowest BCUT2D eigenvalue weighted by Crippen LogP contribution is -2.01. The van der Waals surface area contributed by atoms with Crippen LogP contribution in [0, 0.1) is 32.1 Å². The number of benzene rings is 1. The summed E-state index contributed by atoms with van der Waals surface area (Å²) in [6, 6.07) is 8.21. The van der Waals surface area contributed by atoms with E-state index < -0.39 is 0 Å². The quantitative estimate of drug-likeness (QED) is 0.807. The van der Waals surface area contributed by atoms with E-state index in [0.29, 0.717) is 5.56 Å². The molecular weight excluding hydrogens is 278 g/mol. The Morgan fingerprint density at radius 1 is 1.29 bits per heavy atom. The van der Waals surface area contributed by atoms with Gasteiger partial charge in [0, 0.05) is 4.47 Å². The van der Waals surface area contributed by atoms with E-state index in [2.05, 4.69) is 27.1 Å². The molecule has 2 aromatic rings. The first-order chi connectivity index (χ1) is 8.04. The Kier molecular flexibility index (Phi) is 3.03. The van der Waals surface area contributed by atoms with Crippen molar-refractivity contribution in [2.45, 2.75) is 20.8 Å². The van der Waals surface area contributed by atoms with Gasteiger partial charge in [-0.25, -0.2) is 4.68 Å². The van der Waals surface area contributed by atoms with Crippen LogP contribution in [0.2, 0.25) is 0 Å². The predicted molar refractivity (Wildman–Crippen MR) is 70.2 cm³/mol. The van der Waals surface area contributed by atoms with E-state index in [1.54, 1.807) is 0 Å². The Morgan fingerprint density at radius 3 is 2.53 bits per heavy atom. The maximum atomic E-state index is 9.06. The lowest BCUT2D eigenvalue weighted by atomic mass is 10.2. The van der Waals surface area contributed by atoms with E-state index in [1.165, 1.54) is 0 Å². The lowest BCUT2D eigenvalue weighted by molar-refractivity contribution is 0.827. The van der Waals surface area contributed by atoms with E-state index in [9.17, 15) is 0 Å². The molecular formula is C13H12BrN3. The smallest absolute Gasteiger partial charge is 0.103 e. The molecule has 0 radical (unpaired) electrons. The normalized spacial score (nSPS) is 10.3. The van der Waals surface area contributed by atoms with Crippen molar-refractivity contribution in [2.75, 3.05) is 0 Å². The second-order valence-corrected chi connectivity index (χ2v) is 4.92. The number of aryl methyl sites for hydroxylation is 2. The SMILES string of the molecule is Cc1cc(Br)ccc1-n1nc(C)c(C#N)c1C. The highest BCUT2D eigenvalue weighted by Gasteiger charge is 2.13. The number of nitriles is 1. The Hall–Kier alpha value is -1.60. The molecule has 0 aliphatic heterocycles. The van der Waals surface area contributed by atoms with Gasteiger partial charge in [-0.1, -0.05) is 15.9 Å². The summed E-state index contributed by atoms with van der Waals surface area (Å²) in [5.41, 5.74) is 4.44. The number of halogens is 1. The van der Waals surface area contributed by atoms with Crippen LogP contribution in [0.3, 0.4) is 0 Å². The third-order valence-corrected chi connectivity index (χ3v) is 3.28. The van der Waals surface area contributed by atoms with Gasteiger partial charge in [0.2, 0.25) is 0 Å². The minimum absolute atomic E-state index is 0.660. The van der Waals surface area contributed by atoms with Crippen LogP contribution in [0.15, 0.2) is 22.7 Å². The van der Waals surface area contributed by atoms with E-state index in [0.717, 1.165) is 27.1 Å². The van der Waals surface area contributed by atoms with Gasteiger partial charge in [-0.2, -0.15) is 10.4 Å². The molecule has 0 saturated heterocycles. The van der Waals surface area contributed by atoms with E-state index in [-0.39, 0.29) is 0 Å². The summed E-state index contributed by atoms with van der Waals surface area (Å²) in [5.74, 6) is 0. The third kappa shape index (κ3) is 1.98. The minimum atomic E-state index is 0.660. The first kappa shape index (κ1) is 11.9. The van der Waals surface area contributed by atoms with Crippen LogP contribution in [-0.4, -0.2) is 9.78 Å². The van der Waals surface area contributed by atoms with Gasteiger partial charge in [0.15, 0.2) is 0 Å². The molecule has 17 heavy (non-hydrogen) atoms. The lowest BCUT2D eigenvalue weighted by Gasteiger charge is -2.08. The van der Waals surface area contributed by atoms with Gasteiger partial charge in [0.1, 0.15) is 6.07 Å². The summed E-state index contributed by atoms with van der Waals surface area (Å²) < 4.78 is 2.87. The standard InChI is InChI=1S/C13H12BrN3/c1-8-6-11(14)4-5-13(8)17-10(3)12(7-15)9(2)16-17/h4-6H,1-3H3. The summed E-state index contributed by atoms with van der Waals surface area (Å²) >= 11 is 3.44. The van der Waals surface area contributed by atoms with Gasteiger partial charge >= 0.3 is 0 Å². The van der Waals surface area contributed by atoms with Crippen LogP contribution < -0.4 is 0 Å². The van der Waals surface area contributed by atoms with Crippen LogP contribution in [0.4, 0.5) is 0 Å². The average Bonchev–Trinajstić information content (AvgIpc) is 2.54. The molecule has 1 aromatic heterocycles. The molecule has 0 spiro atoms. The zero-order valence-corrected chi connectivity index (χ0v) is 11.5. The number of aromatic nitrogens is 2. The van der Waals surface area contributed by atoms with Crippen molar-refractivity contribution in [1.82, 2.24) is 9.78 Å². The molecule has 0 aliphatic rings.